The molecule has 0 aliphatic heterocycles. The third kappa shape index (κ3) is 3.25. The van der Waals surface area contributed by atoms with Crippen LogP contribution < -0.4 is 5.32 Å². The van der Waals surface area contributed by atoms with E-state index in [4.69, 9.17) is 0 Å². The summed E-state index contributed by atoms with van der Waals surface area (Å²) in [6.45, 7) is 3.70. The summed E-state index contributed by atoms with van der Waals surface area (Å²) in [7, 11) is 1.81. The van der Waals surface area contributed by atoms with Gasteiger partial charge in [-0.3, -0.25) is 19.6 Å². The Balaban J connectivity index is 2.06. The third-order valence-corrected chi connectivity index (χ3v) is 3.29. The molecule has 1 heterocycles. The lowest BCUT2D eigenvalue weighted by atomic mass is 10.1. The van der Waals surface area contributed by atoms with Gasteiger partial charge >= 0.3 is 0 Å². The number of nitro groups is 1. The lowest BCUT2D eigenvalue weighted by molar-refractivity contribution is -0.384. The summed E-state index contributed by atoms with van der Waals surface area (Å²) in [5.41, 5.74) is 3.08. The van der Waals surface area contributed by atoms with E-state index in [2.05, 4.69) is 10.4 Å². The van der Waals surface area contributed by atoms with Crippen molar-refractivity contribution in [1.82, 2.24) is 9.78 Å². The molecule has 0 unspecified atom stereocenters. The van der Waals surface area contributed by atoms with Gasteiger partial charge in [-0.1, -0.05) is 12.1 Å². The minimum absolute atomic E-state index is 0.0121. The Hall–Kier alpha value is -2.70. The van der Waals surface area contributed by atoms with Crippen molar-refractivity contribution in [3.8, 4) is 0 Å². The van der Waals surface area contributed by atoms with Crippen molar-refractivity contribution < 1.29 is 9.72 Å². The van der Waals surface area contributed by atoms with Gasteiger partial charge in [0.05, 0.1) is 28.4 Å². The van der Waals surface area contributed by atoms with Crippen molar-refractivity contribution in [1.29, 1.82) is 0 Å². The summed E-state index contributed by atoms with van der Waals surface area (Å²) >= 11 is 0. The minimum atomic E-state index is -0.466. The third-order valence-electron chi connectivity index (χ3n) is 3.29. The number of aromatic nitrogens is 2. The lowest BCUT2D eigenvalue weighted by Crippen LogP contribution is -2.15. The molecule has 0 spiro atoms. The topological polar surface area (TPSA) is 90.1 Å². The Morgan fingerprint density at radius 1 is 1.33 bits per heavy atom. The van der Waals surface area contributed by atoms with Gasteiger partial charge in [0.2, 0.25) is 5.91 Å². The number of benzene rings is 1. The van der Waals surface area contributed by atoms with Gasteiger partial charge in [-0.25, -0.2) is 0 Å². The predicted molar refractivity (Wildman–Crippen MR) is 78.1 cm³/mol. The van der Waals surface area contributed by atoms with E-state index in [1.54, 1.807) is 16.8 Å². The summed E-state index contributed by atoms with van der Waals surface area (Å²) in [5, 5.41) is 17.6. The fourth-order valence-electron chi connectivity index (χ4n) is 2.06. The van der Waals surface area contributed by atoms with Crippen LogP contribution in [0.4, 0.5) is 11.4 Å². The number of amides is 1. The summed E-state index contributed by atoms with van der Waals surface area (Å²) in [5.74, 6) is -0.178. The first-order valence-corrected chi connectivity index (χ1v) is 6.42. The monoisotopic (exact) mass is 288 g/mol. The number of nitrogens with one attached hydrogen (secondary N) is 1. The molecule has 2 aromatic rings. The summed E-state index contributed by atoms with van der Waals surface area (Å²) in [6.07, 6.45) is 0.159. The zero-order chi connectivity index (χ0) is 15.6. The van der Waals surface area contributed by atoms with Crippen LogP contribution in [-0.4, -0.2) is 20.6 Å². The molecular formula is C14H16N4O3. The van der Waals surface area contributed by atoms with E-state index in [1.165, 1.54) is 12.1 Å². The highest BCUT2D eigenvalue weighted by Gasteiger charge is 2.13. The van der Waals surface area contributed by atoms with Crippen molar-refractivity contribution in [2.45, 2.75) is 20.3 Å². The molecule has 21 heavy (non-hydrogen) atoms. The zero-order valence-corrected chi connectivity index (χ0v) is 12.1. The van der Waals surface area contributed by atoms with Crippen LogP contribution in [0.2, 0.25) is 0 Å². The van der Waals surface area contributed by atoms with Crippen LogP contribution >= 0.6 is 0 Å². The van der Waals surface area contributed by atoms with Crippen molar-refractivity contribution in [3.63, 3.8) is 0 Å². The maximum absolute atomic E-state index is 12.0. The summed E-state index contributed by atoms with van der Waals surface area (Å²) < 4.78 is 1.71. The Morgan fingerprint density at radius 2 is 1.95 bits per heavy atom. The highest BCUT2D eigenvalue weighted by molar-refractivity contribution is 5.93. The Bertz CT molecular complexity index is 689. The van der Waals surface area contributed by atoms with E-state index < -0.39 is 4.92 Å². The Morgan fingerprint density at radius 3 is 2.43 bits per heavy atom. The molecule has 0 aliphatic rings. The largest absolute Gasteiger partial charge is 0.323 e. The zero-order valence-electron chi connectivity index (χ0n) is 12.1. The SMILES string of the molecule is Cc1nn(C)c(C)c1NC(=O)Cc1ccc([N+](=O)[O-])cc1. The molecule has 1 aromatic carbocycles. The minimum Gasteiger partial charge on any atom is -0.323 e. The van der Waals surface area contributed by atoms with E-state index in [1.807, 2.05) is 20.9 Å². The molecular weight excluding hydrogens is 272 g/mol. The lowest BCUT2D eigenvalue weighted by Gasteiger charge is -2.06. The van der Waals surface area contributed by atoms with Gasteiger partial charge in [0, 0.05) is 19.2 Å². The Labute approximate surface area is 121 Å². The van der Waals surface area contributed by atoms with Gasteiger partial charge in [-0.2, -0.15) is 5.10 Å². The number of hydrogen-bond acceptors (Lipinski definition) is 4. The van der Waals surface area contributed by atoms with Crippen LogP contribution in [0, 0.1) is 24.0 Å². The molecule has 1 aromatic heterocycles. The van der Waals surface area contributed by atoms with E-state index in [-0.39, 0.29) is 18.0 Å². The molecule has 110 valence electrons. The first-order valence-electron chi connectivity index (χ1n) is 6.42. The van der Waals surface area contributed by atoms with Crippen molar-refractivity contribution in [3.05, 3.63) is 51.3 Å². The second-order valence-electron chi connectivity index (χ2n) is 4.82. The molecule has 7 nitrogen and oxygen atoms in total. The molecule has 2 rings (SSSR count). The average molecular weight is 288 g/mol. The van der Waals surface area contributed by atoms with Gasteiger partial charge in [0.1, 0.15) is 0 Å². The van der Waals surface area contributed by atoms with Gasteiger partial charge in [0.25, 0.3) is 5.69 Å². The molecule has 0 saturated heterocycles. The maximum atomic E-state index is 12.0. The average Bonchev–Trinajstić information content (AvgIpc) is 2.66. The van der Waals surface area contributed by atoms with Gasteiger partial charge < -0.3 is 5.32 Å². The smallest absolute Gasteiger partial charge is 0.269 e. The molecule has 0 aliphatic carbocycles. The standard InChI is InChI=1S/C14H16N4O3/c1-9-14(10(2)17(3)16-9)15-13(19)8-11-4-6-12(7-5-11)18(20)21/h4-7H,8H2,1-3H3,(H,15,19). The molecule has 1 amide bonds. The number of nitro benzene ring substituents is 1. The normalized spacial score (nSPS) is 10.4. The molecule has 0 fully saturated rings. The molecule has 0 radical (unpaired) electrons. The van der Waals surface area contributed by atoms with Crippen molar-refractivity contribution in [2.24, 2.45) is 7.05 Å². The second kappa shape index (κ2) is 5.74. The quantitative estimate of drug-likeness (QED) is 0.689. The van der Waals surface area contributed by atoms with Crippen molar-refractivity contribution in [2.75, 3.05) is 5.32 Å². The number of anilines is 1. The molecule has 0 atom stereocenters. The maximum Gasteiger partial charge on any atom is 0.269 e. The number of nitrogens with zero attached hydrogens (tertiary/aromatic N) is 3. The first-order chi connectivity index (χ1) is 9.88. The molecule has 0 saturated carbocycles. The summed E-state index contributed by atoms with van der Waals surface area (Å²) in [4.78, 5) is 22.1. The van der Waals surface area contributed by atoms with Crippen LogP contribution in [-0.2, 0) is 18.3 Å². The predicted octanol–water partition coefficient (Wildman–Crippen LogP) is 2.13. The van der Waals surface area contributed by atoms with E-state index >= 15 is 0 Å². The molecule has 1 N–H and O–H groups in total. The van der Waals surface area contributed by atoms with E-state index in [0.29, 0.717) is 5.69 Å². The van der Waals surface area contributed by atoms with Crippen LogP contribution in [0.15, 0.2) is 24.3 Å². The number of aryl methyl sites for hydroxylation is 2. The Kier molecular flexibility index (Phi) is 4.02. The van der Waals surface area contributed by atoms with Crippen LogP contribution in [0.1, 0.15) is 17.0 Å². The van der Waals surface area contributed by atoms with Crippen LogP contribution in [0.25, 0.3) is 0 Å². The van der Waals surface area contributed by atoms with Gasteiger partial charge in [-0.05, 0) is 19.4 Å². The number of non-ortho nitro benzene ring substituents is 1. The van der Waals surface area contributed by atoms with Crippen molar-refractivity contribution >= 4 is 17.3 Å². The van der Waals surface area contributed by atoms with Gasteiger partial charge in [0.15, 0.2) is 0 Å². The number of rotatable bonds is 4. The van der Waals surface area contributed by atoms with Gasteiger partial charge in [-0.15, -0.1) is 0 Å². The highest BCUT2D eigenvalue weighted by atomic mass is 16.6. The second-order valence-corrected chi connectivity index (χ2v) is 4.82. The van der Waals surface area contributed by atoms with Crippen LogP contribution in [0.5, 0.6) is 0 Å². The number of carbonyl (C=O) groups is 1. The number of hydrogen-bond donors (Lipinski definition) is 1. The number of carbonyl (C=O) groups excluding carboxylic acids is 1. The fraction of sp³-hybridized carbons (Fsp3) is 0.286. The van der Waals surface area contributed by atoms with E-state index in [0.717, 1.165) is 17.0 Å². The summed E-state index contributed by atoms with van der Waals surface area (Å²) in [6, 6.07) is 5.95. The molecule has 0 bridgehead atoms. The van der Waals surface area contributed by atoms with Crippen LogP contribution in [0.3, 0.4) is 0 Å². The van der Waals surface area contributed by atoms with E-state index in [9.17, 15) is 14.9 Å². The first kappa shape index (κ1) is 14.7. The highest BCUT2D eigenvalue weighted by Crippen LogP contribution is 2.19. The fourth-order valence-corrected chi connectivity index (χ4v) is 2.06. The molecule has 7 heteroatoms.